The van der Waals surface area contributed by atoms with Crippen LogP contribution in [-0.4, -0.2) is 31.8 Å². The Kier molecular flexibility index (Phi) is 3.34. The van der Waals surface area contributed by atoms with E-state index in [-0.39, 0.29) is 11.7 Å². The lowest BCUT2D eigenvalue weighted by atomic mass is 10.2. The van der Waals surface area contributed by atoms with Crippen LogP contribution in [0.5, 0.6) is 0 Å². The molecule has 0 bridgehead atoms. The summed E-state index contributed by atoms with van der Waals surface area (Å²) < 4.78 is 1.94. The number of hydrogen-bond donors (Lipinski definition) is 2. The lowest BCUT2D eigenvalue weighted by molar-refractivity contribution is 0.0699. The number of aromatic nitrogens is 2. The van der Waals surface area contributed by atoms with Gasteiger partial charge in [0.15, 0.2) is 0 Å². The van der Waals surface area contributed by atoms with Crippen LogP contribution in [-0.2, 0) is 6.54 Å². The van der Waals surface area contributed by atoms with Gasteiger partial charge in [0.25, 0.3) is 0 Å². The average molecular weight is 248 g/mol. The van der Waals surface area contributed by atoms with Gasteiger partial charge in [-0.2, -0.15) is 0 Å². The molecule has 5 heteroatoms. The third-order valence-corrected chi connectivity index (χ3v) is 2.97. The summed E-state index contributed by atoms with van der Waals surface area (Å²) in [5.74, 6) is -0.208. The molecule has 2 rings (SSSR count). The molecule has 1 atom stereocenters. The van der Waals surface area contributed by atoms with E-state index in [9.17, 15) is 9.90 Å². The number of aryl methyl sites for hydroxylation is 2. The summed E-state index contributed by atoms with van der Waals surface area (Å²) in [5, 5.41) is 18.4. The molecule has 0 saturated carbocycles. The van der Waals surface area contributed by atoms with Crippen LogP contribution in [0, 0.1) is 6.92 Å². The van der Waals surface area contributed by atoms with Gasteiger partial charge in [-0.3, -0.25) is 0 Å². The molecule has 0 spiro atoms. The maximum atomic E-state index is 11.1. The second kappa shape index (κ2) is 4.78. The SMILES string of the molecule is Cc1nc2c(C(=O)O)cccc2n1CCC(C)O. The summed E-state index contributed by atoms with van der Waals surface area (Å²) in [6.07, 6.45) is 0.230. The first-order valence-electron chi connectivity index (χ1n) is 5.88. The number of carboxylic acids is 1. The standard InChI is InChI=1S/C13H16N2O3/c1-8(16)6-7-15-9(2)14-12-10(13(17)18)4-3-5-11(12)15/h3-5,8,16H,6-7H2,1-2H3,(H,17,18). The fraction of sp³-hybridized carbons (Fsp3) is 0.385. The molecule has 18 heavy (non-hydrogen) atoms. The van der Waals surface area contributed by atoms with Gasteiger partial charge in [-0.15, -0.1) is 0 Å². The van der Waals surface area contributed by atoms with Crippen LogP contribution in [0.4, 0.5) is 0 Å². The highest BCUT2D eigenvalue weighted by atomic mass is 16.4. The van der Waals surface area contributed by atoms with Crippen LogP contribution in [0.2, 0.25) is 0 Å². The molecule has 1 aromatic heterocycles. The van der Waals surface area contributed by atoms with Crippen LogP contribution in [0.25, 0.3) is 11.0 Å². The van der Waals surface area contributed by atoms with Crippen LogP contribution in [0.3, 0.4) is 0 Å². The Bertz CT molecular complexity index is 587. The third kappa shape index (κ3) is 2.22. The van der Waals surface area contributed by atoms with Gasteiger partial charge in [-0.25, -0.2) is 9.78 Å². The molecule has 0 aliphatic heterocycles. The number of aromatic carboxylic acids is 1. The molecule has 0 aliphatic rings. The minimum atomic E-state index is -0.972. The van der Waals surface area contributed by atoms with Gasteiger partial charge >= 0.3 is 5.97 Å². The number of fused-ring (bicyclic) bond motifs is 1. The first-order valence-corrected chi connectivity index (χ1v) is 5.88. The van der Waals surface area contributed by atoms with E-state index in [1.807, 2.05) is 17.6 Å². The fourth-order valence-corrected chi connectivity index (χ4v) is 2.03. The molecule has 5 nitrogen and oxygen atoms in total. The van der Waals surface area contributed by atoms with E-state index in [2.05, 4.69) is 4.98 Å². The average Bonchev–Trinajstić information content (AvgIpc) is 2.61. The predicted molar refractivity (Wildman–Crippen MR) is 67.7 cm³/mol. The summed E-state index contributed by atoms with van der Waals surface area (Å²) >= 11 is 0. The Balaban J connectivity index is 2.51. The first-order chi connectivity index (χ1) is 8.50. The molecule has 2 aromatic rings. The smallest absolute Gasteiger partial charge is 0.337 e. The Morgan fingerprint density at radius 3 is 2.83 bits per heavy atom. The highest BCUT2D eigenvalue weighted by molar-refractivity contribution is 6.01. The van der Waals surface area contributed by atoms with Gasteiger partial charge in [0.2, 0.25) is 0 Å². The second-order valence-electron chi connectivity index (χ2n) is 4.43. The molecule has 0 saturated heterocycles. The predicted octanol–water partition coefficient (Wildman–Crippen LogP) is 1.81. The van der Waals surface area contributed by atoms with E-state index < -0.39 is 5.97 Å². The highest BCUT2D eigenvalue weighted by Crippen LogP contribution is 2.20. The van der Waals surface area contributed by atoms with Crippen molar-refractivity contribution in [3.63, 3.8) is 0 Å². The molecule has 0 amide bonds. The van der Waals surface area contributed by atoms with Crippen LogP contribution < -0.4 is 0 Å². The van der Waals surface area contributed by atoms with Gasteiger partial charge in [0.1, 0.15) is 11.3 Å². The molecule has 1 heterocycles. The van der Waals surface area contributed by atoms with Crippen molar-refractivity contribution in [2.75, 3.05) is 0 Å². The van der Waals surface area contributed by atoms with Crippen LogP contribution in [0.15, 0.2) is 18.2 Å². The number of rotatable bonds is 4. The Hall–Kier alpha value is -1.88. The first kappa shape index (κ1) is 12.6. The van der Waals surface area contributed by atoms with Crippen molar-refractivity contribution in [2.24, 2.45) is 0 Å². The number of aliphatic hydroxyl groups is 1. The number of hydrogen-bond acceptors (Lipinski definition) is 3. The number of aliphatic hydroxyl groups excluding tert-OH is 1. The number of carbonyl (C=O) groups is 1. The Labute approximate surface area is 105 Å². The quantitative estimate of drug-likeness (QED) is 0.865. The van der Waals surface area contributed by atoms with Crippen LogP contribution >= 0.6 is 0 Å². The summed E-state index contributed by atoms with van der Waals surface area (Å²) in [6.45, 7) is 4.20. The van der Waals surface area contributed by atoms with Gasteiger partial charge in [0, 0.05) is 6.54 Å². The van der Waals surface area contributed by atoms with Crippen molar-refractivity contribution >= 4 is 17.0 Å². The minimum Gasteiger partial charge on any atom is -0.478 e. The molecule has 0 radical (unpaired) electrons. The summed E-state index contributed by atoms with van der Waals surface area (Å²) in [7, 11) is 0. The lowest BCUT2D eigenvalue weighted by Crippen LogP contribution is -2.08. The highest BCUT2D eigenvalue weighted by Gasteiger charge is 2.14. The van der Waals surface area contributed by atoms with Gasteiger partial charge in [-0.05, 0) is 32.4 Å². The zero-order valence-electron chi connectivity index (χ0n) is 10.4. The van der Waals surface area contributed by atoms with Crippen molar-refractivity contribution in [3.8, 4) is 0 Å². The van der Waals surface area contributed by atoms with Crippen molar-refractivity contribution in [3.05, 3.63) is 29.6 Å². The third-order valence-electron chi connectivity index (χ3n) is 2.97. The van der Waals surface area contributed by atoms with E-state index in [1.54, 1.807) is 19.1 Å². The molecular weight excluding hydrogens is 232 g/mol. The van der Waals surface area contributed by atoms with Gasteiger partial charge in [-0.1, -0.05) is 6.07 Å². The van der Waals surface area contributed by atoms with E-state index in [0.717, 1.165) is 11.3 Å². The number of imidazole rings is 1. The van der Waals surface area contributed by atoms with Crippen molar-refractivity contribution < 1.29 is 15.0 Å². The van der Waals surface area contributed by atoms with Crippen molar-refractivity contribution in [1.82, 2.24) is 9.55 Å². The molecule has 1 unspecified atom stereocenters. The summed E-state index contributed by atoms with van der Waals surface area (Å²) in [4.78, 5) is 15.4. The second-order valence-corrected chi connectivity index (χ2v) is 4.43. The van der Waals surface area contributed by atoms with E-state index in [0.29, 0.717) is 18.5 Å². The number of nitrogens with zero attached hydrogens (tertiary/aromatic N) is 2. The van der Waals surface area contributed by atoms with E-state index >= 15 is 0 Å². The van der Waals surface area contributed by atoms with Gasteiger partial charge in [0.05, 0.1) is 17.2 Å². The maximum absolute atomic E-state index is 11.1. The van der Waals surface area contributed by atoms with Crippen LogP contribution in [0.1, 0.15) is 29.5 Å². The topological polar surface area (TPSA) is 75.3 Å². The molecular formula is C13H16N2O3. The number of benzene rings is 1. The molecule has 2 N–H and O–H groups in total. The molecule has 0 aliphatic carbocycles. The monoisotopic (exact) mass is 248 g/mol. The summed E-state index contributed by atoms with van der Waals surface area (Å²) in [5.41, 5.74) is 1.52. The van der Waals surface area contributed by atoms with E-state index in [4.69, 9.17) is 5.11 Å². The largest absolute Gasteiger partial charge is 0.478 e. The Morgan fingerprint density at radius 1 is 1.50 bits per heavy atom. The zero-order chi connectivity index (χ0) is 13.3. The molecule has 1 aromatic carbocycles. The number of para-hydroxylation sites is 1. The Morgan fingerprint density at radius 2 is 2.22 bits per heavy atom. The minimum absolute atomic E-state index is 0.214. The van der Waals surface area contributed by atoms with E-state index in [1.165, 1.54) is 0 Å². The number of carboxylic acid groups (broad SMARTS) is 1. The van der Waals surface area contributed by atoms with Crippen molar-refractivity contribution in [2.45, 2.75) is 32.9 Å². The lowest BCUT2D eigenvalue weighted by Gasteiger charge is -2.08. The zero-order valence-corrected chi connectivity index (χ0v) is 10.4. The molecule has 0 fully saturated rings. The van der Waals surface area contributed by atoms with Crippen molar-refractivity contribution in [1.29, 1.82) is 0 Å². The normalized spacial score (nSPS) is 12.8. The summed E-state index contributed by atoms with van der Waals surface area (Å²) in [6, 6.07) is 5.12. The van der Waals surface area contributed by atoms with Gasteiger partial charge < -0.3 is 14.8 Å². The fourth-order valence-electron chi connectivity index (χ4n) is 2.03. The maximum Gasteiger partial charge on any atom is 0.337 e. The molecule has 96 valence electrons.